The third kappa shape index (κ3) is 3.43. The van der Waals surface area contributed by atoms with E-state index in [-0.39, 0.29) is 18.1 Å². The van der Waals surface area contributed by atoms with Gasteiger partial charge in [-0.15, -0.1) is 0 Å². The van der Waals surface area contributed by atoms with Crippen molar-refractivity contribution < 1.29 is 9.50 Å². The van der Waals surface area contributed by atoms with Crippen LogP contribution in [-0.2, 0) is 6.54 Å². The second kappa shape index (κ2) is 6.26. The molecule has 0 aliphatic heterocycles. The summed E-state index contributed by atoms with van der Waals surface area (Å²) in [7, 11) is 0. The minimum Gasteiger partial charge on any atom is -0.503 e. The zero-order valence-corrected chi connectivity index (χ0v) is 12.8. The molecule has 0 aliphatic carbocycles. The van der Waals surface area contributed by atoms with Crippen molar-refractivity contribution in [1.29, 1.82) is 0 Å². The van der Waals surface area contributed by atoms with E-state index in [9.17, 15) is 14.3 Å². The zero-order chi connectivity index (χ0) is 16.4. The summed E-state index contributed by atoms with van der Waals surface area (Å²) in [6.07, 6.45) is 1.64. The van der Waals surface area contributed by atoms with Crippen molar-refractivity contribution >= 4 is 11.6 Å². The molecule has 0 aliphatic rings. The van der Waals surface area contributed by atoms with Gasteiger partial charge >= 0.3 is 0 Å². The molecule has 23 heavy (non-hydrogen) atoms. The smallest absolute Gasteiger partial charge is 0.292 e. The molecule has 0 unspecified atom stereocenters. The van der Waals surface area contributed by atoms with Gasteiger partial charge in [-0.3, -0.25) is 4.79 Å². The van der Waals surface area contributed by atoms with E-state index in [2.05, 4.69) is 0 Å². The van der Waals surface area contributed by atoms with Crippen molar-refractivity contribution in [2.75, 3.05) is 0 Å². The predicted octanol–water partition coefficient (Wildman–Crippen LogP) is 4.06. The average Bonchev–Trinajstić information content (AvgIpc) is 2.52. The molecule has 3 aromatic rings. The Balaban J connectivity index is 2.03. The maximum Gasteiger partial charge on any atom is 0.292 e. The van der Waals surface area contributed by atoms with E-state index < -0.39 is 5.56 Å². The molecule has 3 nitrogen and oxygen atoms in total. The van der Waals surface area contributed by atoms with E-state index in [0.29, 0.717) is 16.1 Å². The third-order valence-corrected chi connectivity index (χ3v) is 3.72. The van der Waals surface area contributed by atoms with Gasteiger partial charge in [-0.2, -0.15) is 0 Å². The van der Waals surface area contributed by atoms with Crippen LogP contribution in [0.4, 0.5) is 4.39 Å². The quantitative estimate of drug-likeness (QED) is 0.787. The van der Waals surface area contributed by atoms with Gasteiger partial charge in [0.25, 0.3) is 5.56 Å². The van der Waals surface area contributed by atoms with E-state index >= 15 is 0 Å². The van der Waals surface area contributed by atoms with Crippen LogP contribution in [0.5, 0.6) is 5.75 Å². The Labute approximate surface area is 137 Å². The lowest BCUT2D eigenvalue weighted by atomic mass is 10.1. The maximum absolute atomic E-state index is 13.0. The van der Waals surface area contributed by atoms with Crippen molar-refractivity contribution in [2.24, 2.45) is 0 Å². The Hall–Kier alpha value is -2.59. The molecular formula is C18H13ClFNO2. The van der Waals surface area contributed by atoms with Crippen molar-refractivity contribution in [1.82, 2.24) is 4.57 Å². The monoisotopic (exact) mass is 329 g/mol. The first-order chi connectivity index (χ1) is 11.0. The number of rotatable bonds is 3. The largest absolute Gasteiger partial charge is 0.503 e. The second-order valence-electron chi connectivity index (χ2n) is 5.18. The van der Waals surface area contributed by atoms with Gasteiger partial charge < -0.3 is 9.67 Å². The highest BCUT2D eigenvalue weighted by molar-refractivity contribution is 6.30. The number of aromatic hydroxyl groups is 1. The minimum atomic E-state index is -0.490. The molecule has 0 fully saturated rings. The van der Waals surface area contributed by atoms with Crippen LogP contribution in [0.2, 0.25) is 5.02 Å². The van der Waals surface area contributed by atoms with Gasteiger partial charge in [-0.25, -0.2) is 4.39 Å². The SMILES string of the molecule is O=c1c(O)cc(-c2ccc(F)cc2)cn1Cc1cccc(Cl)c1. The summed E-state index contributed by atoms with van der Waals surface area (Å²) in [5, 5.41) is 10.5. The lowest BCUT2D eigenvalue weighted by Gasteiger charge is -2.10. The summed E-state index contributed by atoms with van der Waals surface area (Å²) >= 11 is 5.95. The van der Waals surface area contributed by atoms with Gasteiger partial charge in [0.2, 0.25) is 0 Å². The van der Waals surface area contributed by atoms with Gasteiger partial charge in [0.05, 0.1) is 6.54 Å². The van der Waals surface area contributed by atoms with Gasteiger partial charge in [-0.05, 0) is 41.5 Å². The number of hydrogen-bond acceptors (Lipinski definition) is 2. The van der Waals surface area contributed by atoms with Gasteiger partial charge in [0, 0.05) is 16.8 Å². The lowest BCUT2D eigenvalue weighted by Crippen LogP contribution is -2.19. The van der Waals surface area contributed by atoms with Crippen molar-refractivity contribution in [3.63, 3.8) is 0 Å². The molecule has 1 N–H and O–H groups in total. The Bertz CT molecular complexity index is 904. The fourth-order valence-corrected chi connectivity index (χ4v) is 2.58. The van der Waals surface area contributed by atoms with Crippen LogP contribution in [0.15, 0.2) is 65.6 Å². The zero-order valence-electron chi connectivity index (χ0n) is 12.0. The second-order valence-corrected chi connectivity index (χ2v) is 5.62. The summed E-state index contributed by atoms with van der Waals surface area (Å²) in [5.41, 5.74) is 1.69. The average molecular weight is 330 g/mol. The molecule has 0 saturated carbocycles. The first-order valence-corrected chi connectivity index (χ1v) is 7.34. The van der Waals surface area contributed by atoms with Crippen LogP contribution in [-0.4, -0.2) is 9.67 Å². The van der Waals surface area contributed by atoms with E-state index in [4.69, 9.17) is 11.6 Å². The van der Waals surface area contributed by atoms with Crippen LogP contribution in [0.25, 0.3) is 11.1 Å². The Morgan fingerprint density at radius 2 is 1.78 bits per heavy atom. The Morgan fingerprint density at radius 1 is 1.04 bits per heavy atom. The molecule has 0 bridgehead atoms. The molecule has 0 radical (unpaired) electrons. The molecule has 0 saturated heterocycles. The van der Waals surface area contributed by atoms with Crippen LogP contribution >= 0.6 is 11.6 Å². The fraction of sp³-hybridized carbons (Fsp3) is 0.0556. The van der Waals surface area contributed by atoms with Crippen LogP contribution in [0.3, 0.4) is 0 Å². The first-order valence-electron chi connectivity index (χ1n) is 6.97. The molecule has 2 aromatic carbocycles. The third-order valence-electron chi connectivity index (χ3n) is 3.49. The van der Waals surface area contributed by atoms with E-state index in [0.717, 1.165) is 5.56 Å². The van der Waals surface area contributed by atoms with E-state index in [1.54, 1.807) is 36.5 Å². The minimum absolute atomic E-state index is 0.280. The van der Waals surface area contributed by atoms with Crippen LogP contribution in [0.1, 0.15) is 5.56 Å². The lowest BCUT2D eigenvalue weighted by molar-refractivity contribution is 0.459. The highest BCUT2D eigenvalue weighted by Gasteiger charge is 2.08. The number of aromatic nitrogens is 1. The van der Waals surface area contributed by atoms with Crippen LogP contribution < -0.4 is 5.56 Å². The first kappa shape index (κ1) is 15.3. The molecule has 0 atom stereocenters. The topological polar surface area (TPSA) is 42.2 Å². The molecular weight excluding hydrogens is 317 g/mol. The molecule has 0 spiro atoms. The number of halogens is 2. The van der Waals surface area contributed by atoms with Gasteiger partial charge in [0.1, 0.15) is 5.82 Å². The molecule has 116 valence electrons. The van der Waals surface area contributed by atoms with Crippen LogP contribution in [0, 0.1) is 5.82 Å². The van der Waals surface area contributed by atoms with E-state index in [1.165, 1.54) is 22.8 Å². The number of pyridine rings is 1. The van der Waals surface area contributed by atoms with Crippen molar-refractivity contribution in [3.05, 3.63) is 87.6 Å². The summed E-state index contributed by atoms with van der Waals surface area (Å²) < 4.78 is 14.4. The van der Waals surface area contributed by atoms with Crippen molar-refractivity contribution in [3.8, 4) is 16.9 Å². The summed E-state index contributed by atoms with van der Waals surface area (Å²) in [5.74, 6) is -0.695. The number of hydrogen-bond donors (Lipinski definition) is 1. The highest BCUT2D eigenvalue weighted by atomic mass is 35.5. The summed E-state index contributed by atoms with van der Waals surface area (Å²) in [6.45, 7) is 0.280. The predicted molar refractivity (Wildman–Crippen MR) is 88.3 cm³/mol. The van der Waals surface area contributed by atoms with Gasteiger partial charge in [-0.1, -0.05) is 35.9 Å². The summed E-state index contributed by atoms with van der Waals surface area (Å²) in [4.78, 5) is 12.1. The fourth-order valence-electron chi connectivity index (χ4n) is 2.37. The molecule has 0 amide bonds. The highest BCUT2D eigenvalue weighted by Crippen LogP contribution is 2.22. The number of nitrogens with zero attached hydrogens (tertiary/aromatic N) is 1. The Kier molecular flexibility index (Phi) is 4.17. The van der Waals surface area contributed by atoms with Crippen molar-refractivity contribution in [2.45, 2.75) is 6.54 Å². The summed E-state index contributed by atoms with van der Waals surface area (Å²) in [6, 6.07) is 14.4. The Morgan fingerprint density at radius 3 is 2.48 bits per heavy atom. The number of benzene rings is 2. The molecule has 3 rings (SSSR count). The molecule has 1 aromatic heterocycles. The molecule has 1 heterocycles. The van der Waals surface area contributed by atoms with Gasteiger partial charge in [0.15, 0.2) is 5.75 Å². The standard InChI is InChI=1S/C18H13ClFNO2/c19-15-3-1-2-12(8-15)10-21-11-14(9-17(22)18(21)23)13-4-6-16(20)7-5-13/h1-9,11,22H,10H2. The maximum atomic E-state index is 13.0. The normalized spacial score (nSPS) is 10.7. The molecule has 5 heteroatoms. The van der Waals surface area contributed by atoms with E-state index in [1.807, 2.05) is 6.07 Å².